The molecule has 1 fully saturated rings. The summed E-state index contributed by atoms with van der Waals surface area (Å²) < 4.78 is 16.8. The number of para-hydroxylation sites is 1. The van der Waals surface area contributed by atoms with Gasteiger partial charge in [0.05, 0.1) is 24.2 Å². The lowest BCUT2D eigenvalue weighted by molar-refractivity contribution is -0.134. The fraction of sp³-hybridized carbons (Fsp3) is 0.333. The molecule has 0 saturated carbocycles. The van der Waals surface area contributed by atoms with Crippen LogP contribution in [0.3, 0.4) is 0 Å². The number of aromatic nitrogens is 1. The van der Waals surface area contributed by atoms with Crippen molar-refractivity contribution >= 4 is 17.5 Å². The number of methoxy groups -OCH3 is 1. The Kier molecular flexibility index (Phi) is 6.77. The van der Waals surface area contributed by atoms with Crippen LogP contribution in [0.5, 0.6) is 11.5 Å². The zero-order valence-corrected chi connectivity index (χ0v) is 18.2. The molecule has 1 aromatic heterocycles. The lowest BCUT2D eigenvalue weighted by Gasteiger charge is -2.31. The Morgan fingerprint density at radius 3 is 2.81 bits per heavy atom. The number of benzene rings is 2. The van der Waals surface area contributed by atoms with Crippen molar-refractivity contribution in [3.05, 3.63) is 77.0 Å². The van der Waals surface area contributed by atoms with Crippen LogP contribution in [-0.2, 0) is 11.2 Å². The first-order valence-electron chi connectivity index (χ1n) is 10.3. The van der Waals surface area contributed by atoms with Gasteiger partial charge in [-0.3, -0.25) is 4.79 Å². The summed E-state index contributed by atoms with van der Waals surface area (Å²) in [5.41, 5.74) is 1.13. The fourth-order valence-corrected chi connectivity index (χ4v) is 3.93. The molecule has 0 spiro atoms. The second-order valence-corrected chi connectivity index (χ2v) is 7.99. The van der Waals surface area contributed by atoms with Crippen LogP contribution in [0.2, 0.25) is 5.02 Å². The SMILES string of the molecule is COc1ccc(Cc2cnc([C@@H]3CCCN(C(=O)COc4ccccc4Cl)C3)o2)cc1. The van der Waals surface area contributed by atoms with E-state index in [-0.39, 0.29) is 18.4 Å². The summed E-state index contributed by atoms with van der Waals surface area (Å²) in [5.74, 6) is 2.87. The largest absolute Gasteiger partial charge is 0.497 e. The number of oxazole rings is 1. The van der Waals surface area contributed by atoms with Crippen molar-refractivity contribution in [2.45, 2.75) is 25.2 Å². The topological polar surface area (TPSA) is 64.8 Å². The Bertz CT molecular complexity index is 1020. The third-order valence-corrected chi connectivity index (χ3v) is 5.73. The fourth-order valence-electron chi connectivity index (χ4n) is 3.74. The molecule has 162 valence electrons. The lowest BCUT2D eigenvalue weighted by atomic mass is 9.98. The maximum atomic E-state index is 12.7. The normalized spacial score (nSPS) is 16.2. The summed E-state index contributed by atoms with van der Waals surface area (Å²) in [5, 5.41) is 0.496. The highest BCUT2D eigenvalue weighted by Crippen LogP contribution is 2.28. The van der Waals surface area contributed by atoms with E-state index in [1.807, 2.05) is 41.3 Å². The molecule has 3 aromatic rings. The summed E-state index contributed by atoms with van der Waals surface area (Å²) >= 11 is 6.10. The van der Waals surface area contributed by atoms with Gasteiger partial charge in [-0.2, -0.15) is 0 Å². The van der Waals surface area contributed by atoms with Crippen molar-refractivity contribution in [1.29, 1.82) is 0 Å². The number of hydrogen-bond donors (Lipinski definition) is 0. The number of nitrogens with zero attached hydrogens (tertiary/aromatic N) is 2. The Labute approximate surface area is 186 Å². The molecule has 7 heteroatoms. The van der Waals surface area contributed by atoms with Crippen LogP contribution < -0.4 is 9.47 Å². The van der Waals surface area contributed by atoms with Gasteiger partial charge >= 0.3 is 0 Å². The number of halogens is 1. The van der Waals surface area contributed by atoms with Gasteiger partial charge in [-0.1, -0.05) is 35.9 Å². The predicted molar refractivity (Wildman–Crippen MR) is 118 cm³/mol. The minimum atomic E-state index is -0.0605. The van der Waals surface area contributed by atoms with E-state index in [9.17, 15) is 4.79 Å². The number of hydrogen-bond acceptors (Lipinski definition) is 5. The van der Waals surface area contributed by atoms with E-state index in [1.165, 1.54) is 0 Å². The highest BCUT2D eigenvalue weighted by molar-refractivity contribution is 6.32. The summed E-state index contributed by atoms with van der Waals surface area (Å²) in [6.07, 6.45) is 4.29. The molecule has 1 atom stereocenters. The van der Waals surface area contributed by atoms with Crippen molar-refractivity contribution in [2.24, 2.45) is 0 Å². The zero-order chi connectivity index (χ0) is 21.6. The molecular weight excluding hydrogens is 416 g/mol. The first kappa shape index (κ1) is 21.2. The van der Waals surface area contributed by atoms with E-state index >= 15 is 0 Å². The van der Waals surface area contributed by atoms with Gasteiger partial charge in [0.25, 0.3) is 5.91 Å². The average Bonchev–Trinajstić information content (AvgIpc) is 3.27. The van der Waals surface area contributed by atoms with Crippen molar-refractivity contribution in [3.63, 3.8) is 0 Å². The minimum Gasteiger partial charge on any atom is -0.497 e. The molecule has 31 heavy (non-hydrogen) atoms. The van der Waals surface area contributed by atoms with Gasteiger partial charge in [-0.05, 0) is 42.7 Å². The van der Waals surface area contributed by atoms with Crippen molar-refractivity contribution in [1.82, 2.24) is 9.88 Å². The molecule has 1 saturated heterocycles. The molecular formula is C24H25ClN2O4. The van der Waals surface area contributed by atoms with Crippen LogP contribution in [0.15, 0.2) is 59.1 Å². The molecule has 0 unspecified atom stereocenters. The first-order chi connectivity index (χ1) is 15.1. The van der Waals surface area contributed by atoms with Crippen LogP contribution in [-0.4, -0.2) is 42.6 Å². The van der Waals surface area contributed by atoms with Gasteiger partial charge in [0.15, 0.2) is 12.5 Å². The van der Waals surface area contributed by atoms with Gasteiger partial charge in [0.1, 0.15) is 17.3 Å². The van der Waals surface area contributed by atoms with E-state index in [4.69, 9.17) is 25.5 Å². The Morgan fingerprint density at radius 2 is 2.03 bits per heavy atom. The third-order valence-electron chi connectivity index (χ3n) is 5.42. The van der Waals surface area contributed by atoms with Crippen molar-refractivity contribution in [3.8, 4) is 11.5 Å². The standard InChI is InChI=1S/C24H25ClN2O4/c1-29-19-10-8-17(9-11-19)13-20-14-26-24(31-20)18-5-4-12-27(15-18)23(28)16-30-22-7-3-2-6-21(22)25/h2-3,6-11,14,18H,4-5,12-13,15-16H2,1H3/t18-/m1/s1. The second kappa shape index (κ2) is 9.88. The highest BCUT2D eigenvalue weighted by atomic mass is 35.5. The number of carbonyl (C=O) groups is 1. The molecule has 0 bridgehead atoms. The third kappa shape index (κ3) is 5.39. The van der Waals surface area contributed by atoms with Crippen LogP contribution in [0.25, 0.3) is 0 Å². The van der Waals surface area contributed by atoms with E-state index in [0.29, 0.717) is 36.2 Å². The molecule has 6 nitrogen and oxygen atoms in total. The van der Waals surface area contributed by atoms with Gasteiger partial charge in [-0.25, -0.2) is 4.98 Å². The molecule has 2 aromatic carbocycles. The Hall–Kier alpha value is -2.99. The molecule has 1 amide bonds. The van der Waals surface area contributed by atoms with Crippen LogP contribution in [0.4, 0.5) is 0 Å². The van der Waals surface area contributed by atoms with E-state index in [2.05, 4.69) is 4.98 Å². The zero-order valence-electron chi connectivity index (χ0n) is 17.4. The van der Waals surface area contributed by atoms with E-state index in [1.54, 1.807) is 25.4 Å². The summed E-state index contributed by atoms with van der Waals surface area (Å²) in [7, 11) is 1.65. The number of amides is 1. The number of ether oxygens (including phenoxy) is 2. The number of likely N-dealkylation sites (tertiary alicyclic amines) is 1. The van der Waals surface area contributed by atoms with Crippen LogP contribution >= 0.6 is 11.6 Å². The smallest absolute Gasteiger partial charge is 0.260 e. The molecule has 2 heterocycles. The van der Waals surface area contributed by atoms with Gasteiger partial charge in [0, 0.05) is 19.5 Å². The quantitative estimate of drug-likeness (QED) is 0.532. The first-order valence-corrected chi connectivity index (χ1v) is 10.7. The maximum absolute atomic E-state index is 12.7. The minimum absolute atomic E-state index is 0.0369. The van der Waals surface area contributed by atoms with Crippen LogP contribution in [0.1, 0.15) is 36.0 Å². The molecule has 0 radical (unpaired) electrons. The predicted octanol–water partition coefficient (Wildman–Crippen LogP) is 4.71. The molecule has 1 aliphatic rings. The monoisotopic (exact) mass is 440 g/mol. The highest BCUT2D eigenvalue weighted by Gasteiger charge is 2.28. The van der Waals surface area contributed by atoms with E-state index in [0.717, 1.165) is 29.9 Å². The summed E-state index contributed by atoms with van der Waals surface area (Å²) in [6.45, 7) is 1.25. The molecule has 0 aliphatic carbocycles. The van der Waals surface area contributed by atoms with Crippen molar-refractivity contribution < 1.29 is 18.7 Å². The second-order valence-electron chi connectivity index (χ2n) is 7.59. The number of carbonyl (C=O) groups excluding carboxylic acids is 1. The molecule has 4 rings (SSSR count). The Balaban J connectivity index is 1.34. The Morgan fingerprint density at radius 1 is 1.23 bits per heavy atom. The average molecular weight is 441 g/mol. The number of piperidine rings is 1. The molecule has 1 aliphatic heterocycles. The molecule has 0 N–H and O–H groups in total. The van der Waals surface area contributed by atoms with Crippen LogP contribution in [0, 0.1) is 0 Å². The summed E-state index contributed by atoms with van der Waals surface area (Å²) in [4.78, 5) is 19.0. The van der Waals surface area contributed by atoms with Crippen molar-refractivity contribution in [2.75, 3.05) is 26.8 Å². The van der Waals surface area contributed by atoms with E-state index < -0.39 is 0 Å². The van der Waals surface area contributed by atoms with Gasteiger partial charge < -0.3 is 18.8 Å². The summed E-state index contributed by atoms with van der Waals surface area (Å²) in [6, 6.07) is 15.0. The maximum Gasteiger partial charge on any atom is 0.260 e. The lowest BCUT2D eigenvalue weighted by Crippen LogP contribution is -2.41. The number of rotatable bonds is 7. The van der Waals surface area contributed by atoms with Gasteiger partial charge in [-0.15, -0.1) is 0 Å². The van der Waals surface area contributed by atoms with Gasteiger partial charge in [0.2, 0.25) is 0 Å².